The van der Waals surface area contributed by atoms with Crippen molar-refractivity contribution < 1.29 is 0 Å². The summed E-state index contributed by atoms with van der Waals surface area (Å²) in [6.45, 7) is 0.886. The molecule has 0 atom stereocenters. The number of thiazole rings is 1. The second-order valence-corrected chi connectivity index (χ2v) is 2.83. The Balaban J connectivity index is 2.30. The van der Waals surface area contributed by atoms with Crippen LogP contribution in [0.2, 0.25) is 0 Å². The molecule has 1 aromatic rings. The lowest BCUT2D eigenvalue weighted by atomic mass is 10.7. The Kier molecular flexibility index (Phi) is 2.86. The lowest BCUT2D eigenvalue weighted by molar-refractivity contribution is 1.21. The number of hydrogen-bond donors (Lipinski definition) is 2. The van der Waals surface area contributed by atoms with Gasteiger partial charge in [-0.2, -0.15) is 12.6 Å². The fourth-order valence-electron chi connectivity index (χ4n) is 0.474. The molecule has 1 aromatic heterocycles. The van der Waals surface area contributed by atoms with Crippen molar-refractivity contribution in [1.29, 1.82) is 0 Å². The van der Waals surface area contributed by atoms with E-state index in [1.54, 1.807) is 17.5 Å². The van der Waals surface area contributed by atoms with E-state index >= 15 is 0 Å². The number of thiol groups is 1. The van der Waals surface area contributed by atoms with E-state index in [1.165, 1.54) is 0 Å². The first-order valence-corrected chi connectivity index (χ1v) is 4.19. The van der Waals surface area contributed by atoms with Gasteiger partial charge in [0.05, 0.1) is 0 Å². The summed E-state index contributed by atoms with van der Waals surface area (Å²) in [7, 11) is 0. The minimum atomic E-state index is 0.847. The van der Waals surface area contributed by atoms with E-state index in [9.17, 15) is 0 Å². The van der Waals surface area contributed by atoms with Crippen LogP contribution in [0.3, 0.4) is 0 Å². The second-order valence-electron chi connectivity index (χ2n) is 1.49. The Hall–Kier alpha value is -0.220. The summed E-state index contributed by atoms with van der Waals surface area (Å²) in [5, 5.41) is 6.03. The molecule has 0 bridgehead atoms. The van der Waals surface area contributed by atoms with Crippen LogP contribution in [0.5, 0.6) is 0 Å². The van der Waals surface area contributed by atoms with E-state index in [0.29, 0.717) is 0 Å². The van der Waals surface area contributed by atoms with Crippen molar-refractivity contribution >= 4 is 29.1 Å². The zero-order valence-corrected chi connectivity index (χ0v) is 6.58. The van der Waals surface area contributed by atoms with Gasteiger partial charge < -0.3 is 5.32 Å². The summed E-state index contributed by atoms with van der Waals surface area (Å²) >= 11 is 5.65. The van der Waals surface area contributed by atoms with E-state index < -0.39 is 0 Å². The Morgan fingerprint density at radius 3 is 3.22 bits per heavy atom. The highest BCUT2D eigenvalue weighted by atomic mass is 32.1. The molecule has 0 unspecified atom stereocenters. The molecule has 0 fully saturated rings. The van der Waals surface area contributed by atoms with E-state index in [4.69, 9.17) is 0 Å². The minimum absolute atomic E-state index is 0.847. The molecule has 0 saturated carbocycles. The molecule has 0 radical (unpaired) electrons. The predicted molar refractivity (Wildman–Crippen MR) is 44.5 cm³/mol. The number of nitrogens with zero attached hydrogens (tertiary/aromatic N) is 1. The van der Waals surface area contributed by atoms with E-state index in [1.807, 2.05) is 5.38 Å². The predicted octanol–water partition coefficient (Wildman–Crippen LogP) is 1.48. The standard InChI is InChI=1S/C5H8N2S2/c8-3-1-6-5-7-2-4-9-5/h2,4,8H,1,3H2,(H,6,7). The third kappa shape index (κ3) is 2.24. The maximum Gasteiger partial charge on any atom is 0.182 e. The smallest absolute Gasteiger partial charge is 0.182 e. The van der Waals surface area contributed by atoms with Crippen LogP contribution in [0.15, 0.2) is 11.6 Å². The van der Waals surface area contributed by atoms with Crippen molar-refractivity contribution in [2.75, 3.05) is 17.6 Å². The van der Waals surface area contributed by atoms with Gasteiger partial charge in [0.1, 0.15) is 0 Å². The molecule has 0 aromatic carbocycles. The first-order chi connectivity index (χ1) is 4.43. The molecular formula is C5H8N2S2. The summed E-state index contributed by atoms with van der Waals surface area (Å²) in [5.74, 6) is 0.847. The maximum absolute atomic E-state index is 4.05. The van der Waals surface area contributed by atoms with Crippen LogP contribution in [0.25, 0.3) is 0 Å². The third-order valence-electron chi connectivity index (χ3n) is 0.820. The normalized spacial score (nSPS) is 9.44. The molecule has 0 aliphatic rings. The van der Waals surface area contributed by atoms with Crippen LogP contribution in [-0.2, 0) is 0 Å². The summed E-state index contributed by atoms with van der Waals surface area (Å²) < 4.78 is 0. The number of rotatable bonds is 3. The Morgan fingerprint density at radius 1 is 1.78 bits per heavy atom. The summed E-state index contributed by atoms with van der Waals surface area (Å²) in [6, 6.07) is 0. The Labute approximate surface area is 63.7 Å². The van der Waals surface area contributed by atoms with Gasteiger partial charge in [0.2, 0.25) is 0 Å². The first-order valence-electron chi connectivity index (χ1n) is 2.67. The number of nitrogens with one attached hydrogen (secondary N) is 1. The highest BCUT2D eigenvalue weighted by Gasteiger charge is 1.88. The van der Waals surface area contributed by atoms with E-state index in [-0.39, 0.29) is 0 Å². The number of aromatic nitrogens is 1. The zero-order valence-electron chi connectivity index (χ0n) is 4.87. The SMILES string of the molecule is SCCNc1nccs1. The summed E-state index contributed by atoms with van der Waals surface area (Å²) in [6.07, 6.45) is 1.78. The lowest BCUT2D eigenvalue weighted by Crippen LogP contribution is -2.01. The van der Waals surface area contributed by atoms with E-state index in [2.05, 4.69) is 22.9 Å². The molecule has 1 rings (SSSR count). The first kappa shape index (κ1) is 6.89. The van der Waals surface area contributed by atoms with Crippen molar-refractivity contribution in [2.45, 2.75) is 0 Å². The monoisotopic (exact) mass is 160 g/mol. The molecule has 4 heteroatoms. The van der Waals surface area contributed by atoms with Crippen LogP contribution >= 0.6 is 24.0 Å². The number of anilines is 1. The highest BCUT2D eigenvalue weighted by Crippen LogP contribution is 2.08. The molecule has 0 aliphatic carbocycles. The minimum Gasteiger partial charge on any atom is -0.361 e. The van der Waals surface area contributed by atoms with Gasteiger partial charge in [0.15, 0.2) is 5.13 Å². The van der Waals surface area contributed by atoms with Crippen LogP contribution in [0, 0.1) is 0 Å². The second kappa shape index (κ2) is 3.74. The van der Waals surface area contributed by atoms with Crippen molar-refractivity contribution in [3.63, 3.8) is 0 Å². The third-order valence-corrected chi connectivity index (χ3v) is 1.77. The van der Waals surface area contributed by atoms with Gasteiger partial charge in [-0.1, -0.05) is 0 Å². The Morgan fingerprint density at radius 2 is 2.67 bits per heavy atom. The Bertz CT molecular complexity index is 150. The van der Waals surface area contributed by atoms with Crippen molar-refractivity contribution in [3.8, 4) is 0 Å². The fraction of sp³-hybridized carbons (Fsp3) is 0.400. The van der Waals surface area contributed by atoms with E-state index in [0.717, 1.165) is 17.4 Å². The molecule has 0 amide bonds. The van der Waals surface area contributed by atoms with Gasteiger partial charge in [-0.25, -0.2) is 4.98 Å². The summed E-state index contributed by atoms with van der Waals surface area (Å²) in [4.78, 5) is 4.03. The number of hydrogen-bond acceptors (Lipinski definition) is 4. The molecule has 2 nitrogen and oxygen atoms in total. The van der Waals surface area contributed by atoms with Crippen LogP contribution in [0.4, 0.5) is 5.13 Å². The highest BCUT2D eigenvalue weighted by molar-refractivity contribution is 7.80. The van der Waals surface area contributed by atoms with Crippen molar-refractivity contribution in [2.24, 2.45) is 0 Å². The van der Waals surface area contributed by atoms with Gasteiger partial charge in [-0.05, 0) is 0 Å². The summed E-state index contributed by atoms with van der Waals surface area (Å²) in [5.41, 5.74) is 0. The van der Waals surface area contributed by atoms with Crippen LogP contribution in [-0.4, -0.2) is 17.3 Å². The topological polar surface area (TPSA) is 24.9 Å². The zero-order chi connectivity index (χ0) is 6.53. The van der Waals surface area contributed by atoms with Gasteiger partial charge in [0, 0.05) is 23.9 Å². The van der Waals surface area contributed by atoms with Gasteiger partial charge in [-0.15, -0.1) is 11.3 Å². The molecule has 9 heavy (non-hydrogen) atoms. The molecular weight excluding hydrogens is 152 g/mol. The van der Waals surface area contributed by atoms with Crippen LogP contribution in [0.1, 0.15) is 0 Å². The quantitative estimate of drug-likeness (QED) is 0.655. The van der Waals surface area contributed by atoms with Gasteiger partial charge >= 0.3 is 0 Å². The maximum atomic E-state index is 4.05. The molecule has 0 aliphatic heterocycles. The van der Waals surface area contributed by atoms with Gasteiger partial charge in [-0.3, -0.25) is 0 Å². The molecule has 0 spiro atoms. The molecule has 1 N–H and O–H groups in total. The molecule has 1 heterocycles. The van der Waals surface area contributed by atoms with Crippen molar-refractivity contribution in [3.05, 3.63) is 11.6 Å². The molecule has 0 saturated heterocycles. The molecule has 50 valence electrons. The van der Waals surface area contributed by atoms with Crippen LogP contribution < -0.4 is 5.32 Å². The van der Waals surface area contributed by atoms with Gasteiger partial charge in [0.25, 0.3) is 0 Å². The fourth-order valence-corrected chi connectivity index (χ4v) is 1.14. The average Bonchev–Trinajstić information content (AvgIpc) is 2.34. The average molecular weight is 160 g/mol. The lowest BCUT2D eigenvalue weighted by Gasteiger charge is -1.95. The largest absolute Gasteiger partial charge is 0.361 e. The van der Waals surface area contributed by atoms with Crippen molar-refractivity contribution in [1.82, 2.24) is 4.98 Å².